The van der Waals surface area contributed by atoms with Gasteiger partial charge in [0.15, 0.2) is 0 Å². The number of pyridine rings is 1. The lowest BCUT2D eigenvalue weighted by Crippen LogP contribution is -2.31. The highest BCUT2D eigenvalue weighted by atomic mass is 16.5. The standard InChI is InChI=1S/C16H22N4O/c1-12(2)18-9-15-16-13(6-8-21-15)10-20(19-16)11-14-5-3-4-7-17-14/h3-5,7,10,12,15,18H,6,8-9,11H2,1-2H3/t15-/m0/s1. The third-order valence-electron chi connectivity index (χ3n) is 3.63. The number of nitrogens with zero attached hydrogens (tertiary/aromatic N) is 3. The summed E-state index contributed by atoms with van der Waals surface area (Å²) in [6.45, 7) is 6.57. The molecule has 0 fully saturated rings. The van der Waals surface area contributed by atoms with Gasteiger partial charge in [-0.2, -0.15) is 5.10 Å². The van der Waals surface area contributed by atoms with Crippen molar-refractivity contribution >= 4 is 0 Å². The van der Waals surface area contributed by atoms with Crippen LogP contribution in [0.3, 0.4) is 0 Å². The van der Waals surface area contributed by atoms with E-state index in [2.05, 4.69) is 30.3 Å². The van der Waals surface area contributed by atoms with Crippen LogP contribution in [-0.2, 0) is 17.7 Å². The Bertz CT molecular complexity index is 579. The molecule has 0 aromatic carbocycles. The molecule has 21 heavy (non-hydrogen) atoms. The molecule has 5 nitrogen and oxygen atoms in total. The van der Waals surface area contributed by atoms with Gasteiger partial charge in [0.2, 0.25) is 0 Å². The largest absolute Gasteiger partial charge is 0.370 e. The second-order valence-corrected chi connectivity index (χ2v) is 5.73. The number of hydrogen-bond donors (Lipinski definition) is 1. The van der Waals surface area contributed by atoms with E-state index in [-0.39, 0.29) is 6.10 Å². The van der Waals surface area contributed by atoms with Gasteiger partial charge in [-0.3, -0.25) is 9.67 Å². The second-order valence-electron chi connectivity index (χ2n) is 5.73. The van der Waals surface area contributed by atoms with Gasteiger partial charge in [0.25, 0.3) is 0 Å². The maximum Gasteiger partial charge on any atom is 0.114 e. The summed E-state index contributed by atoms with van der Waals surface area (Å²) >= 11 is 0. The van der Waals surface area contributed by atoms with E-state index in [1.807, 2.05) is 29.1 Å². The van der Waals surface area contributed by atoms with Gasteiger partial charge in [-0.15, -0.1) is 0 Å². The summed E-state index contributed by atoms with van der Waals surface area (Å²) < 4.78 is 7.84. The average Bonchev–Trinajstić information content (AvgIpc) is 2.89. The quantitative estimate of drug-likeness (QED) is 0.912. The SMILES string of the molecule is CC(C)NC[C@@H]1OCCc2cn(Cc3ccccn3)nc21. The zero-order chi connectivity index (χ0) is 14.7. The van der Waals surface area contributed by atoms with Gasteiger partial charge in [0.1, 0.15) is 6.10 Å². The lowest BCUT2D eigenvalue weighted by molar-refractivity contribution is 0.0383. The Kier molecular flexibility index (Phi) is 4.31. The molecule has 1 N–H and O–H groups in total. The predicted octanol–water partition coefficient (Wildman–Crippen LogP) is 1.94. The molecule has 3 rings (SSSR count). The number of fused-ring (bicyclic) bond motifs is 1. The fraction of sp³-hybridized carbons (Fsp3) is 0.500. The van der Waals surface area contributed by atoms with E-state index in [1.165, 1.54) is 5.56 Å². The van der Waals surface area contributed by atoms with Crippen molar-refractivity contribution in [2.75, 3.05) is 13.2 Å². The molecular weight excluding hydrogens is 264 g/mol. The lowest BCUT2D eigenvalue weighted by atomic mass is 10.1. The molecule has 1 aliphatic rings. The van der Waals surface area contributed by atoms with E-state index in [4.69, 9.17) is 9.84 Å². The third-order valence-corrected chi connectivity index (χ3v) is 3.63. The van der Waals surface area contributed by atoms with Gasteiger partial charge in [-0.1, -0.05) is 19.9 Å². The van der Waals surface area contributed by atoms with Gasteiger partial charge in [-0.05, 0) is 24.1 Å². The van der Waals surface area contributed by atoms with Gasteiger partial charge in [0, 0.05) is 25.0 Å². The Balaban J connectivity index is 1.74. The second kappa shape index (κ2) is 6.37. The average molecular weight is 286 g/mol. The lowest BCUT2D eigenvalue weighted by Gasteiger charge is -2.23. The molecule has 0 aliphatic carbocycles. The smallest absolute Gasteiger partial charge is 0.114 e. The van der Waals surface area contributed by atoms with Crippen molar-refractivity contribution in [2.24, 2.45) is 0 Å². The van der Waals surface area contributed by atoms with E-state index >= 15 is 0 Å². The molecule has 1 atom stereocenters. The highest BCUT2D eigenvalue weighted by Gasteiger charge is 2.24. The van der Waals surface area contributed by atoms with E-state index in [0.29, 0.717) is 12.6 Å². The number of nitrogens with one attached hydrogen (secondary N) is 1. The van der Waals surface area contributed by atoms with E-state index in [1.54, 1.807) is 0 Å². The molecule has 0 spiro atoms. The molecule has 2 aromatic rings. The van der Waals surface area contributed by atoms with Crippen LogP contribution in [0.2, 0.25) is 0 Å². The van der Waals surface area contributed by atoms with Gasteiger partial charge in [0.05, 0.1) is 24.5 Å². The van der Waals surface area contributed by atoms with Crippen molar-refractivity contribution in [3.63, 3.8) is 0 Å². The van der Waals surface area contributed by atoms with Crippen LogP contribution >= 0.6 is 0 Å². The molecule has 5 heteroatoms. The van der Waals surface area contributed by atoms with Crippen molar-refractivity contribution < 1.29 is 4.74 Å². The summed E-state index contributed by atoms with van der Waals surface area (Å²) in [5.74, 6) is 0. The molecule has 0 radical (unpaired) electrons. The maximum absolute atomic E-state index is 5.86. The zero-order valence-corrected chi connectivity index (χ0v) is 12.6. The first-order valence-corrected chi connectivity index (χ1v) is 7.53. The minimum atomic E-state index is 0.0566. The molecule has 0 unspecified atom stereocenters. The van der Waals surface area contributed by atoms with Gasteiger partial charge < -0.3 is 10.1 Å². The number of ether oxygens (including phenoxy) is 1. The van der Waals surface area contributed by atoms with Crippen molar-refractivity contribution in [1.29, 1.82) is 0 Å². The fourth-order valence-electron chi connectivity index (χ4n) is 2.57. The fourth-order valence-corrected chi connectivity index (χ4v) is 2.57. The van der Waals surface area contributed by atoms with Crippen molar-refractivity contribution in [2.45, 2.75) is 39.0 Å². The molecule has 0 saturated heterocycles. The Labute approximate surface area is 125 Å². The van der Waals surface area contributed by atoms with Crippen LogP contribution in [0.4, 0.5) is 0 Å². The van der Waals surface area contributed by atoms with Crippen LogP contribution in [0.5, 0.6) is 0 Å². The van der Waals surface area contributed by atoms with E-state index < -0.39 is 0 Å². The summed E-state index contributed by atoms with van der Waals surface area (Å²) in [7, 11) is 0. The first kappa shape index (κ1) is 14.2. The summed E-state index contributed by atoms with van der Waals surface area (Å²) in [6.07, 6.45) is 4.95. The summed E-state index contributed by atoms with van der Waals surface area (Å²) in [5.41, 5.74) is 3.40. The molecule has 0 bridgehead atoms. The van der Waals surface area contributed by atoms with Crippen molar-refractivity contribution in [3.8, 4) is 0 Å². The van der Waals surface area contributed by atoms with E-state index in [9.17, 15) is 0 Å². The number of aromatic nitrogens is 3. The highest BCUT2D eigenvalue weighted by molar-refractivity contribution is 5.23. The number of rotatable bonds is 5. The zero-order valence-electron chi connectivity index (χ0n) is 12.6. The molecule has 1 aliphatic heterocycles. The van der Waals surface area contributed by atoms with Gasteiger partial charge in [-0.25, -0.2) is 0 Å². The van der Waals surface area contributed by atoms with Crippen LogP contribution in [-0.4, -0.2) is 34.0 Å². The van der Waals surface area contributed by atoms with Crippen LogP contribution in [0, 0.1) is 0 Å². The first-order chi connectivity index (χ1) is 10.2. The highest BCUT2D eigenvalue weighted by Crippen LogP contribution is 2.25. The van der Waals surface area contributed by atoms with Crippen LogP contribution in [0.15, 0.2) is 30.6 Å². The van der Waals surface area contributed by atoms with Crippen LogP contribution < -0.4 is 5.32 Å². The normalized spacial score (nSPS) is 18.0. The molecular formula is C16H22N4O. The predicted molar refractivity (Wildman–Crippen MR) is 81.1 cm³/mol. The molecule has 0 saturated carbocycles. The Morgan fingerprint density at radius 2 is 2.33 bits per heavy atom. The minimum absolute atomic E-state index is 0.0566. The van der Waals surface area contributed by atoms with Crippen molar-refractivity contribution in [1.82, 2.24) is 20.1 Å². The monoisotopic (exact) mass is 286 g/mol. The molecule has 112 valence electrons. The summed E-state index contributed by atoms with van der Waals surface area (Å²) in [5, 5.41) is 8.15. The van der Waals surface area contributed by atoms with Crippen LogP contribution in [0.25, 0.3) is 0 Å². The summed E-state index contributed by atoms with van der Waals surface area (Å²) in [6, 6.07) is 6.41. The van der Waals surface area contributed by atoms with E-state index in [0.717, 1.165) is 31.0 Å². The molecule has 2 aromatic heterocycles. The van der Waals surface area contributed by atoms with Crippen molar-refractivity contribution in [3.05, 3.63) is 47.5 Å². The maximum atomic E-state index is 5.86. The minimum Gasteiger partial charge on any atom is -0.370 e. The van der Waals surface area contributed by atoms with Crippen LogP contribution in [0.1, 0.15) is 36.9 Å². The summed E-state index contributed by atoms with van der Waals surface area (Å²) in [4.78, 5) is 4.35. The Morgan fingerprint density at radius 3 is 3.10 bits per heavy atom. The van der Waals surface area contributed by atoms with Gasteiger partial charge >= 0.3 is 0 Å². The molecule has 0 amide bonds. The Hall–Kier alpha value is -1.72. The third kappa shape index (κ3) is 3.49. The number of hydrogen-bond acceptors (Lipinski definition) is 4. The Morgan fingerprint density at radius 1 is 1.43 bits per heavy atom. The molecule has 3 heterocycles. The first-order valence-electron chi connectivity index (χ1n) is 7.53. The topological polar surface area (TPSA) is 52.0 Å².